The Labute approximate surface area is 111 Å². The molecule has 1 aliphatic heterocycles. The number of amides is 1. The van der Waals surface area contributed by atoms with E-state index >= 15 is 0 Å². The van der Waals surface area contributed by atoms with Crippen molar-refractivity contribution in [3.8, 4) is 0 Å². The van der Waals surface area contributed by atoms with E-state index < -0.39 is 0 Å². The summed E-state index contributed by atoms with van der Waals surface area (Å²) < 4.78 is 3.93. The van der Waals surface area contributed by atoms with Crippen molar-refractivity contribution >= 4 is 17.4 Å². The molecule has 2 atom stereocenters. The number of nitrogens with one attached hydrogen (secondary N) is 2. The van der Waals surface area contributed by atoms with Crippen molar-refractivity contribution < 1.29 is 4.79 Å². The number of fused-ring (bicyclic) bond motifs is 1. The first-order valence-electron chi connectivity index (χ1n) is 6.33. The highest BCUT2D eigenvalue weighted by molar-refractivity contribution is 7.08. The maximum atomic E-state index is 12.3. The zero-order valence-corrected chi connectivity index (χ0v) is 11.7. The third-order valence-corrected chi connectivity index (χ3v) is 4.52. The fourth-order valence-electron chi connectivity index (χ4n) is 2.68. The fourth-order valence-corrected chi connectivity index (χ4v) is 3.46. The molecule has 2 heterocycles. The molecule has 1 aliphatic carbocycles. The summed E-state index contributed by atoms with van der Waals surface area (Å²) in [5.74, 6) is 1.26. The van der Waals surface area contributed by atoms with Gasteiger partial charge in [0.05, 0.1) is 5.69 Å². The summed E-state index contributed by atoms with van der Waals surface area (Å²) >= 11 is 1.19. The Kier molecular flexibility index (Phi) is 2.67. The van der Waals surface area contributed by atoms with Crippen molar-refractivity contribution in [3.05, 3.63) is 10.6 Å². The molecule has 0 radical (unpaired) electrons. The first-order valence-corrected chi connectivity index (χ1v) is 7.10. The van der Waals surface area contributed by atoms with Gasteiger partial charge in [0, 0.05) is 24.5 Å². The molecule has 3 rings (SSSR count). The van der Waals surface area contributed by atoms with Crippen LogP contribution in [0.1, 0.15) is 36.1 Å². The van der Waals surface area contributed by atoms with Crippen LogP contribution in [0.15, 0.2) is 0 Å². The van der Waals surface area contributed by atoms with Gasteiger partial charge in [-0.25, -0.2) is 0 Å². The van der Waals surface area contributed by atoms with Crippen molar-refractivity contribution in [2.75, 3.05) is 13.1 Å². The second-order valence-corrected chi connectivity index (χ2v) is 6.94. The van der Waals surface area contributed by atoms with Gasteiger partial charge in [-0.15, -0.1) is 5.10 Å². The maximum Gasteiger partial charge on any atom is 0.265 e. The first-order chi connectivity index (χ1) is 8.48. The molecule has 1 saturated heterocycles. The molecule has 1 aromatic rings. The van der Waals surface area contributed by atoms with E-state index in [1.54, 1.807) is 0 Å². The van der Waals surface area contributed by atoms with E-state index in [1.807, 2.05) is 0 Å². The number of hydrogen-bond donors (Lipinski definition) is 2. The minimum absolute atomic E-state index is 0.00525. The average Bonchev–Trinajstić information content (AvgIpc) is 2.81. The molecule has 0 spiro atoms. The Morgan fingerprint density at radius 1 is 1.39 bits per heavy atom. The third-order valence-electron chi connectivity index (χ3n) is 3.79. The molecule has 98 valence electrons. The molecule has 2 unspecified atom stereocenters. The van der Waals surface area contributed by atoms with Gasteiger partial charge in [-0.05, 0) is 23.4 Å². The number of nitrogens with zero attached hydrogens (tertiary/aromatic N) is 2. The lowest BCUT2D eigenvalue weighted by Crippen LogP contribution is -2.33. The standard InChI is InChI=1S/C12H18N4OS/c1-12(2,3)10-9(18-16-15-10)11(17)14-8-6-4-13-5-7(6)8/h6-8,13H,4-5H2,1-3H3,(H,14,17). The van der Waals surface area contributed by atoms with Crippen LogP contribution in [-0.2, 0) is 5.41 Å². The molecule has 2 aliphatic rings. The van der Waals surface area contributed by atoms with Gasteiger partial charge in [-0.2, -0.15) is 0 Å². The third kappa shape index (κ3) is 1.93. The van der Waals surface area contributed by atoms with Gasteiger partial charge in [0.2, 0.25) is 0 Å². The molecular formula is C12H18N4OS. The van der Waals surface area contributed by atoms with Crippen LogP contribution in [0.2, 0.25) is 0 Å². The largest absolute Gasteiger partial charge is 0.348 e. The number of rotatable bonds is 2. The van der Waals surface area contributed by atoms with Crippen LogP contribution >= 0.6 is 11.5 Å². The molecule has 2 fully saturated rings. The first kappa shape index (κ1) is 12.0. The zero-order chi connectivity index (χ0) is 12.9. The molecular weight excluding hydrogens is 248 g/mol. The van der Waals surface area contributed by atoms with E-state index in [0.717, 1.165) is 18.8 Å². The summed E-state index contributed by atoms with van der Waals surface area (Å²) in [6, 6.07) is 0.355. The minimum atomic E-state index is -0.138. The van der Waals surface area contributed by atoms with Gasteiger partial charge in [0.15, 0.2) is 0 Å². The summed E-state index contributed by atoms with van der Waals surface area (Å²) in [6.45, 7) is 8.22. The van der Waals surface area contributed by atoms with Crippen LogP contribution in [0.3, 0.4) is 0 Å². The van der Waals surface area contributed by atoms with Crippen LogP contribution in [-0.4, -0.2) is 34.6 Å². The average molecular weight is 266 g/mol. The maximum absolute atomic E-state index is 12.3. The van der Waals surface area contributed by atoms with Crippen LogP contribution in [0.4, 0.5) is 0 Å². The van der Waals surface area contributed by atoms with Crippen LogP contribution < -0.4 is 10.6 Å². The van der Waals surface area contributed by atoms with Crippen molar-refractivity contribution in [3.63, 3.8) is 0 Å². The Bertz CT molecular complexity index is 469. The molecule has 0 aromatic carbocycles. The predicted octanol–water partition coefficient (Wildman–Crippen LogP) is 0.783. The van der Waals surface area contributed by atoms with E-state index in [0.29, 0.717) is 22.8 Å². The smallest absolute Gasteiger partial charge is 0.265 e. The second kappa shape index (κ2) is 3.99. The summed E-state index contributed by atoms with van der Waals surface area (Å²) in [4.78, 5) is 12.9. The zero-order valence-electron chi connectivity index (χ0n) is 10.9. The van der Waals surface area contributed by atoms with E-state index in [1.165, 1.54) is 11.5 Å². The quantitative estimate of drug-likeness (QED) is 0.830. The molecule has 5 nitrogen and oxygen atoms in total. The summed E-state index contributed by atoms with van der Waals surface area (Å²) in [6.07, 6.45) is 0. The van der Waals surface area contributed by atoms with E-state index in [-0.39, 0.29) is 11.3 Å². The molecule has 0 bridgehead atoms. The van der Waals surface area contributed by atoms with Crippen molar-refractivity contribution in [2.24, 2.45) is 11.8 Å². The molecule has 1 aromatic heterocycles. The van der Waals surface area contributed by atoms with Gasteiger partial charge in [-0.3, -0.25) is 4.79 Å². The van der Waals surface area contributed by atoms with Gasteiger partial charge < -0.3 is 10.6 Å². The van der Waals surface area contributed by atoms with Crippen LogP contribution in [0, 0.1) is 11.8 Å². The molecule has 18 heavy (non-hydrogen) atoms. The Balaban J connectivity index is 1.71. The highest BCUT2D eigenvalue weighted by Crippen LogP contribution is 2.42. The fraction of sp³-hybridized carbons (Fsp3) is 0.750. The molecule has 6 heteroatoms. The van der Waals surface area contributed by atoms with Gasteiger partial charge in [-0.1, -0.05) is 25.3 Å². The van der Waals surface area contributed by atoms with Crippen LogP contribution in [0.5, 0.6) is 0 Å². The molecule has 2 N–H and O–H groups in total. The van der Waals surface area contributed by atoms with E-state index in [2.05, 4.69) is 41.0 Å². The molecule has 1 saturated carbocycles. The number of aromatic nitrogens is 2. The lowest BCUT2D eigenvalue weighted by atomic mass is 9.91. The van der Waals surface area contributed by atoms with E-state index in [4.69, 9.17) is 0 Å². The highest BCUT2D eigenvalue weighted by atomic mass is 32.1. The lowest BCUT2D eigenvalue weighted by Gasteiger charge is -2.16. The number of carbonyl (C=O) groups is 1. The normalized spacial score (nSPS) is 30.1. The van der Waals surface area contributed by atoms with Crippen LogP contribution in [0.25, 0.3) is 0 Å². The Hall–Kier alpha value is -1.01. The summed E-state index contributed by atoms with van der Waals surface area (Å²) in [5, 5.41) is 10.5. The lowest BCUT2D eigenvalue weighted by molar-refractivity contribution is 0.0948. The topological polar surface area (TPSA) is 66.9 Å². The minimum Gasteiger partial charge on any atom is -0.348 e. The van der Waals surface area contributed by atoms with Crippen molar-refractivity contribution in [1.82, 2.24) is 20.2 Å². The second-order valence-electron chi connectivity index (χ2n) is 6.19. The Morgan fingerprint density at radius 2 is 2.06 bits per heavy atom. The monoisotopic (exact) mass is 266 g/mol. The molecule has 1 amide bonds. The summed E-state index contributed by atoms with van der Waals surface area (Å²) in [7, 11) is 0. The number of carbonyl (C=O) groups excluding carboxylic acids is 1. The SMILES string of the molecule is CC(C)(C)c1nnsc1C(=O)NC1C2CNCC21. The predicted molar refractivity (Wildman–Crippen MR) is 69.7 cm³/mol. The summed E-state index contributed by atoms with van der Waals surface area (Å²) in [5.41, 5.74) is 0.662. The van der Waals surface area contributed by atoms with Crippen molar-refractivity contribution in [1.29, 1.82) is 0 Å². The van der Waals surface area contributed by atoms with E-state index in [9.17, 15) is 4.79 Å². The Morgan fingerprint density at radius 3 is 2.67 bits per heavy atom. The van der Waals surface area contributed by atoms with Gasteiger partial charge >= 0.3 is 0 Å². The number of hydrogen-bond acceptors (Lipinski definition) is 5. The van der Waals surface area contributed by atoms with Crippen molar-refractivity contribution in [2.45, 2.75) is 32.2 Å². The van der Waals surface area contributed by atoms with Gasteiger partial charge in [0.1, 0.15) is 4.88 Å². The highest BCUT2D eigenvalue weighted by Gasteiger charge is 2.53. The van der Waals surface area contributed by atoms with Gasteiger partial charge in [0.25, 0.3) is 5.91 Å². The number of piperidine rings is 1.